The zero-order valence-corrected chi connectivity index (χ0v) is 16.8. The molecule has 1 N–H and O–H groups in total. The number of nitro benzene ring substituents is 1. The maximum atomic E-state index is 13.7. The van der Waals surface area contributed by atoms with Gasteiger partial charge in [0.1, 0.15) is 17.7 Å². The van der Waals surface area contributed by atoms with Gasteiger partial charge in [-0.1, -0.05) is 18.6 Å². The molecule has 3 rings (SSSR count). The van der Waals surface area contributed by atoms with Gasteiger partial charge in [0.05, 0.1) is 10.5 Å². The summed E-state index contributed by atoms with van der Waals surface area (Å²) in [4.78, 5) is 35.0. The lowest BCUT2D eigenvalue weighted by atomic mass is 9.98. The highest BCUT2D eigenvalue weighted by Crippen LogP contribution is 2.22. The summed E-state index contributed by atoms with van der Waals surface area (Å²) in [6, 6.07) is 9.24. The van der Waals surface area contributed by atoms with Gasteiger partial charge in [-0.05, 0) is 43.4 Å². The summed E-state index contributed by atoms with van der Waals surface area (Å²) >= 11 is 0. The van der Waals surface area contributed by atoms with Crippen LogP contribution in [0.2, 0.25) is 0 Å². The number of carbonyl (C=O) groups excluding carboxylic acids is 2. The minimum absolute atomic E-state index is 0.0288. The van der Waals surface area contributed by atoms with Gasteiger partial charge in [-0.15, -0.1) is 0 Å². The lowest BCUT2D eigenvalue weighted by Gasteiger charge is -2.21. The number of nitro groups is 1. The number of halogens is 1. The number of hydrogen-bond acceptors (Lipinski definition) is 6. The largest absolute Gasteiger partial charge is 0.481 e. The third kappa shape index (κ3) is 6.50. The number of rotatable bonds is 8. The minimum Gasteiger partial charge on any atom is -0.481 e. The summed E-state index contributed by atoms with van der Waals surface area (Å²) in [5.74, 6) is -1.84. The molecule has 0 bridgehead atoms. The number of benzene rings is 2. The van der Waals surface area contributed by atoms with E-state index in [1.54, 1.807) is 6.07 Å². The van der Waals surface area contributed by atoms with Crippen molar-refractivity contribution in [3.05, 3.63) is 69.5 Å². The lowest BCUT2D eigenvalue weighted by Crippen LogP contribution is -2.26. The predicted molar refractivity (Wildman–Crippen MR) is 109 cm³/mol. The molecule has 1 aliphatic rings. The summed E-state index contributed by atoms with van der Waals surface area (Å²) in [7, 11) is 0. The average molecular weight is 430 g/mol. The zero-order chi connectivity index (χ0) is 22.2. The molecule has 1 saturated carbocycles. The number of hydrogen-bond donors (Lipinski definition) is 1. The molecule has 9 heteroatoms. The number of nitrogens with zero attached hydrogens (tertiary/aromatic N) is 1. The van der Waals surface area contributed by atoms with Crippen LogP contribution in [0.15, 0.2) is 42.5 Å². The molecule has 8 nitrogen and oxygen atoms in total. The molecule has 0 spiro atoms. The normalized spacial score (nSPS) is 14.0. The van der Waals surface area contributed by atoms with Gasteiger partial charge >= 0.3 is 5.97 Å². The number of esters is 1. The number of amides is 1. The van der Waals surface area contributed by atoms with Crippen LogP contribution in [0.5, 0.6) is 5.75 Å². The second-order valence-electron chi connectivity index (χ2n) is 7.29. The molecule has 1 amide bonds. The number of non-ortho nitro benzene ring substituents is 1. The van der Waals surface area contributed by atoms with Gasteiger partial charge < -0.3 is 14.8 Å². The predicted octanol–water partition coefficient (Wildman–Crippen LogP) is 3.92. The van der Waals surface area contributed by atoms with Gasteiger partial charge in [0, 0.05) is 24.7 Å². The van der Waals surface area contributed by atoms with Gasteiger partial charge in [0.15, 0.2) is 6.61 Å². The Morgan fingerprint density at radius 2 is 1.90 bits per heavy atom. The third-order valence-electron chi connectivity index (χ3n) is 4.96. The molecule has 164 valence electrons. The maximum Gasteiger partial charge on any atom is 0.344 e. The molecule has 31 heavy (non-hydrogen) atoms. The van der Waals surface area contributed by atoms with Gasteiger partial charge in [-0.25, -0.2) is 9.18 Å². The van der Waals surface area contributed by atoms with Crippen molar-refractivity contribution in [2.45, 2.75) is 44.8 Å². The minimum atomic E-state index is -0.620. The van der Waals surface area contributed by atoms with E-state index in [4.69, 9.17) is 9.47 Å². The van der Waals surface area contributed by atoms with Crippen molar-refractivity contribution in [3.63, 3.8) is 0 Å². The van der Waals surface area contributed by atoms with Crippen LogP contribution in [-0.2, 0) is 16.1 Å². The number of ether oxygens (including phenoxy) is 2. The smallest absolute Gasteiger partial charge is 0.344 e. The van der Waals surface area contributed by atoms with Crippen molar-refractivity contribution in [2.75, 3.05) is 6.61 Å². The molecule has 0 atom stereocenters. The van der Waals surface area contributed by atoms with Crippen molar-refractivity contribution >= 4 is 17.6 Å². The molecule has 0 unspecified atom stereocenters. The Hall–Kier alpha value is -3.49. The van der Waals surface area contributed by atoms with Crippen LogP contribution in [0, 0.1) is 15.9 Å². The molecule has 2 aromatic rings. The fraction of sp³-hybridized carbons (Fsp3) is 0.364. The van der Waals surface area contributed by atoms with Gasteiger partial charge in [0.2, 0.25) is 0 Å². The molecule has 1 aliphatic carbocycles. The number of carbonyl (C=O) groups is 2. The zero-order valence-electron chi connectivity index (χ0n) is 16.8. The van der Waals surface area contributed by atoms with Crippen LogP contribution in [0.1, 0.15) is 48.0 Å². The lowest BCUT2D eigenvalue weighted by molar-refractivity contribution is -0.384. The Morgan fingerprint density at radius 3 is 2.65 bits per heavy atom. The van der Waals surface area contributed by atoms with Crippen molar-refractivity contribution in [3.8, 4) is 5.75 Å². The Morgan fingerprint density at radius 1 is 1.13 bits per heavy atom. The summed E-state index contributed by atoms with van der Waals surface area (Å²) in [6.07, 6.45) is 4.65. The van der Waals surface area contributed by atoms with E-state index < -0.39 is 29.2 Å². The van der Waals surface area contributed by atoms with Crippen molar-refractivity contribution in [1.29, 1.82) is 0 Å². The topological polar surface area (TPSA) is 108 Å². The summed E-state index contributed by atoms with van der Waals surface area (Å²) in [6.45, 7) is -0.411. The summed E-state index contributed by atoms with van der Waals surface area (Å²) in [5.41, 5.74) is 0.481. The van der Waals surface area contributed by atoms with Crippen LogP contribution < -0.4 is 10.1 Å². The van der Waals surface area contributed by atoms with E-state index in [1.807, 2.05) is 0 Å². The average Bonchev–Trinajstić information content (AvgIpc) is 2.77. The molecule has 1 fully saturated rings. The first kappa shape index (κ1) is 22.2. The maximum absolute atomic E-state index is 13.7. The van der Waals surface area contributed by atoms with E-state index in [2.05, 4.69) is 5.32 Å². The van der Waals surface area contributed by atoms with Crippen molar-refractivity contribution in [1.82, 2.24) is 5.32 Å². The fourth-order valence-electron chi connectivity index (χ4n) is 3.40. The van der Waals surface area contributed by atoms with E-state index in [9.17, 15) is 24.1 Å². The molecule has 0 radical (unpaired) electrons. The highest BCUT2D eigenvalue weighted by Gasteiger charge is 2.20. The van der Waals surface area contributed by atoms with Crippen LogP contribution >= 0.6 is 0 Å². The monoisotopic (exact) mass is 430 g/mol. The van der Waals surface area contributed by atoms with Crippen LogP contribution in [0.4, 0.5) is 10.1 Å². The second-order valence-corrected chi connectivity index (χ2v) is 7.29. The third-order valence-corrected chi connectivity index (χ3v) is 4.96. The Kier molecular flexibility index (Phi) is 7.53. The van der Waals surface area contributed by atoms with E-state index in [-0.39, 0.29) is 29.6 Å². The Balaban J connectivity index is 1.60. The van der Waals surface area contributed by atoms with E-state index >= 15 is 0 Å². The van der Waals surface area contributed by atoms with Gasteiger partial charge in [-0.2, -0.15) is 0 Å². The quantitative estimate of drug-likeness (QED) is 0.386. The van der Waals surface area contributed by atoms with E-state index in [0.717, 1.165) is 44.2 Å². The SMILES string of the molecule is O=C(COc1cc(F)ccc1C(=O)NCc1cccc([N+](=O)[O-])c1)OC1CCCCC1. The summed E-state index contributed by atoms with van der Waals surface area (Å²) < 4.78 is 24.4. The van der Waals surface area contributed by atoms with Crippen LogP contribution in [0.3, 0.4) is 0 Å². The first-order chi connectivity index (χ1) is 14.9. The Labute approximate surface area is 178 Å². The van der Waals surface area contributed by atoms with E-state index in [1.165, 1.54) is 24.3 Å². The standard InChI is InChI=1S/C22H23FN2O6/c23-16-9-10-19(22(27)24-13-15-5-4-6-17(11-15)25(28)29)20(12-16)30-14-21(26)31-18-7-2-1-3-8-18/h4-6,9-12,18H,1-3,7-8,13-14H2,(H,24,27). The summed E-state index contributed by atoms with van der Waals surface area (Å²) in [5, 5.41) is 13.5. The highest BCUT2D eigenvalue weighted by molar-refractivity contribution is 5.97. The van der Waals surface area contributed by atoms with Crippen LogP contribution in [0.25, 0.3) is 0 Å². The van der Waals surface area contributed by atoms with Gasteiger partial charge in [0.25, 0.3) is 11.6 Å². The molecular formula is C22H23FN2O6. The fourth-order valence-corrected chi connectivity index (χ4v) is 3.40. The highest BCUT2D eigenvalue weighted by atomic mass is 19.1. The first-order valence-electron chi connectivity index (χ1n) is 10.1. The molecule has 0 aromatic heterocycles. The van der Waals surface area contributed by atoms with Crippen molar-refractivity contribution < 1.29 is 28.4 Å². The van der Waals surface area contributed by atoms with Crippen molar-refractivity contribution in [2.24, 2.45) is 0 Å². The molecular weight excluding hydrogens is 407 g/mol. The first-order valence-corrected chi connectivity index (χ1v) is 10.1. The van der Waals surface area contributed by atoms with E-state index in [0.29, 0.717) is 5.56 Å². The van der Waals surface area contributed by atoms with Gasteiger partial charge in [-0.3, -0.25) is 14.9 Å². The Bertz CT molecular complexity index is 959. The second kappa shape index (κ2) is 10.5. The molecule has 2 aromatic carbocycles. The molecule has 0 aliphatic heterocycles. The van der Waals surface area contributed by atoms with Crippen LogP contribution in [-0.4, -0.2) is 29.5 Å². The molecule has 0 saturated heterocycles. The number of nitrogens with one attached hydrogen (secondary N) is 1. The molecule has 0 heterocycles.